The maximum absolute atomic E-state index is 3.18. The molecule has 0 aromatic carbocycles. The Hall–Kier alpha value is 0.103. The van der Waals surface area contributed by atoms with E-state index >= 15 is 0 Å². The van der Waals surface area contributed by atoms with Crippen LogP contribution in [0.3, 0.4) is 0 Å². The van der Waals surface area contributed by atoms with Crippen LogP contribution in [0.25, 0.3) is 0 Å². The Morgan fingerprint density at radius 1 is 1.22 bits per heavy atom. The first-order valence-corrected chi connectivity index (χ1v) is 3.22. The first kappa shape index (κ1) is 9.10. The Kier molecular flexibility index (Phi) is 6.30. The SMILES string of the molecule is [C-]1=CC=CCCCC1.[Rh]. The average Bonchev–Trinajstić information content (AvgIpc) is 1.62. The van der Waals surface area contributed by atoms with Crippen LogP contribution in [-0.2, 0) is 19.5 Å². The maximum atomic E-state index is 3.18. The van der Waals surface area contributed by atoms with Gasteiger partial charge in [-0.25, -0.2) is 12.2 Å². The second-order valence-corrected chi connectivity index (χ2v) is 2.04. The predicted octanol–water partition coefficient (Wildman–Crippen LogP) is 2.47. The fourth-order valence-electron chi connectivity index (χ4n) is 0.805. The molecule has 0 aromatic rings. The third kappa shape index (κ3) is 4.60. The standard InChI is InChI=1S/C8H11.Rh/c1-2-4-6-8-7-5-3-1;/h1-3H,4,6-8H2;/q-1;. The summed E-state index contributed by atoms with van der Waals surface area (Å²) in [4.78, 5) is 0. The molecule has 0 fully saturated rings. The van der Waals surface area contributed by atoms with Gasteiger partial charge in [-0.1, -0.05) is 19.3 Å². The zero-order valence-electron chi connectivity index (χ0n) is 5.39. The van der Waals surface area contributed by atoms with E-state index < -0.39 is 0 Å². The Balaban J connectivity index is 0.000000640. The normalized spacial score (nSPS) is 17.8. The number of allylic oxidation sites excluding steroid dienone is 4. The summed E-state index contributed by atoms with van der Waals surface area (Å²) in [5.74, 6) is 0. The van der Waals surface area contributed by atoms with E-state index in [0.29, 0.717) is 0 Å². The van der Waals surface area contributed by atoms with Crippen LogP contribution >= 0.6 is 0 Å². The van der Waals surface area contributed by atoms with Gasteiger partial charge in [-0.15, -0.1) is 6.42 Å². The molecule has 0 spiro atoms. The molecule has 0 aliphatic heterocycles. The van der Waals surface area contributed by atoms with Gasteiger partial charge in [0.15, 0.2) is 0 Å². The molecular weight excluding hydrogens is 199 g/mol. The van der Waals surface area contributed by atoms with Gasteiger partial charge in [0.05, 0.1) is 0 Å². The molecule has 0 unspecified atom stereocenters. The fourth-order valence-corrected chi connectivity index (χ4v) is 0.805. The number of hydrogen-bond acceptors (Lipinski definition) is 0. The summed E-state index contributed by atoms with van der Waals surface area (Å²) in [5.41, 5.74) is 0. The Morgan fingerprint density at radius 2 is 2.11 bits per heavy atom. The van der Waals surface area contributed by atoms with Gasteiger partial charge in [0.2, 0.25) is 0 Å². The van der Waals surface area contributed by atoms with Crippen molar-refractivity contribution in [3.05, 3.63) is 24.3 Å². The van der Waals surface area contributed by atoms with E-state index in [1.807, 2.05) is 6.08 Å². The van der Waals surface area contributed by atoms with Gasteiger partial charge in [-0.05, 0) is 0 Å². The molecule has 1 aliphatic rings. The molecule has 1 radical (unpaired) electrons. The van der Waals surface area contributed by atoms with Gasteiger partial charge < -0.3 is 0 Å². The summed E-state index contributed by atoms with van der Waals surface area (Å²) in [5, 5.41) is 0. The number of rotatable bonds is 0. The van der Waals surface area contributed by atoms with Gasteiger partial charge in [-0.2, -0.15) is 6.08 Å². The molecule has 0 bridgehead atoms. The van der Waals surface area contributed by atoms with E-state index in [1.54, 1.807) is 0 Å². The fraction of sp³-hybridized carbons (Fsp3) is 0.500. The Morgan fingerprint density at radius 3 is 3.00 bits per heavy atom. The van der Waals surface area contributed by atoms with Crippen LogP contribution in [0.15, 0.2) is 18.2 Å². The van der Waals surface area contributed by atoms with Crippen molar-refractivity contribution >= 4 is 0 Å². The molecule has 1 rings (SSSR count). The third-order valence-corrected chi connectivity index (χ3v) is 1.29. The van der Waals surface area contributed by atoms with Gasteiger partial charge >= 0.3 is 0 Å². The molecule has 0 aromatic heterocycles. The predicted molar refractivity (Wildman–Crippen MR) is 35.4 cm³/mol. The largest absolute Gasteiger partial charge is 0.275 e. The van der Waals surface area contributed by atoms with Crippen molar-refractivity contribution < 1.29 is 19.5 Å². The molecule has 1 heteroatoms. The van der Waals surface area contributed by atoms with Crippen molar-refractivity contribution in [3.8, 4) is 0 Å². The molecule has 1 aliphatic carbocycles. The molecule has 0 saturated heterocycles. The molecule has 53 valence electrons. The van der Waals surface area contributed by atoms with Crippen LogP contribution < -0.4 is 0 Å². The molecule has 0 heterocycles. The topological polar surface area (TPSA) is 0 Å². The van der Waals surface area contributed by atoms with E-state index in [-0.39, 0.29) is 19.5 Å². The average molecular weight is 210 g/mol. The first-order valence-electron chi connectivity index (χ1n) is 3.22. The second kappa shape index (κ2) is 6.23. The van der Waals surface area contributed by atoms with Gasteiger partial charge in [0.25, 0.3) is 0 Å². The quantitative estimate of drug-likeness (QED) is 0.425. The molecule has 0 N–H and O–H groups in total. The van der Waals surface area contributed by atoms with Gasteiger partial charge in [0, 0.05) is 19.5 Å². The Labute approximate surface area is 69.8 Å². The zero-order valence-corrected chi connectivity index (χ0v) is 7.03. The van der Waals surface area contributed by atoms with E-state index in [9.17, 15) is 0 Å². The van der Waals surface area contributed by atoms with Crippen LogP contribution in [0.4, 0.5) is 0 Å². The summed E-state index contributed by atoms with van der Waals surface area (Å²) < 4.78 is 0. The van der Waals surface area contributed by atoms with Crippen LogP contribution in [0.5, 0.6) is 0 Å². The van der Waals surface area contributed by atoms with Crippen LogP contribution in [0, 0.1) is 6.08 Å². The van der Waals surface area contributed by atoms with Crippen molar-refractivity contribution in [1.29, 1.82) is 0 Å². The van der Waals surface area contributed by atoms with Crippen LogP contribution in [0.1, 0.15) is 25.7 Å². The first-order chi connectivity index (χ1) is 4.00. The number of hydrogen-bond donors (Lipinski definition) is 0. The molecule has 0 saturated carbocycles. The summed E-state index contributed by atoms with van der Waals surface area (Å²) in [7, 11) is 0. The summed E-state index contributed by atoms with van der Waals surface area (Å²) >= 11 is 0. The molecule has 0 atom stereocenters. The smallest absolute Gasteiger partial charge is 0 e. The Bertz CT molecular complexity index is 89.1. The van der Waals surface area contributed by atoms with E-state index in [1.165, 1.54) is 19.3 Å². The van der Waals surface area contributed by atoms with E-state index in [0.717, 1.165) is 6.42 Å². The molecule has 9 heavy (non-hydrogen) atoms. The minimum absolute atomic E-state index is 0. The maximum Gasteiger partial charge on any atom is 0 e. The van der Waals surface area contributed by atoms with Crippen molar-refractivity contribution in [1.82, 2.24) is 0 Å². The van der Waals surface area contributed by atoms with Crippen molar-refractivity contribution in [2.24, 2.45) is 0 Å². The molecule has 0 amide bonds. The van der Waals surface area contributed by atoms with Gasteiger partial charge in [0.1, 0.15) is 0 Å². The minimum atomic E-state index is 0. The summed E-state index contributed by atoms with van der Waals surface area (Å²) in [6.45, 7) is 0. The van der Waals surface area contributed by atoms with Gasteiger partial charge in [-0.3, -0.25) is 6.08 Å². The van der Waals surface area contributed by atoms with E-state index in [4.69, 9.17) is 0 Å². The summed E-state index contributed by atoms with van der Waals surface area (Å²) in [6, 6.07) is 0. The third-order valence-electron chi connectivity index (χ3n) is 1.29. The zero-order chi connectivity index (χ0) is 5.66. The van der Waals surface area contributed by atoms with Crippen molar-refractivity contribution in [2.45, 2.75) is 25.7 Å². The molecular formula is C8H11Rh-. The van der Waals surface area contributed by atoms with Crippen LogP contribution in [0.2, 0.25) is 0 Å². The second-order valence-electron chi connectivity index (χ2n) is 2.04. The van der Waals surface area contributed by atoms with Crippen molar-refractivity contribution in [3.63, 3.8) is 0 Å². The molecule has 0 nitrogen and oxygen atoms in total. The monoisotopic (exact) mass is 210 g/mol. The van der Waals surface area contributed by atoms with E-state index in [2.05, 4.69) is 18.2 Å². The van der Waals surface area contributed by atoms with Crippen LogP contribution in [-0.4, -0.2) is 0 Å². The summed E-state index contributed by atoms with van der Waals surface area (Å²) in [6.07, 6.45) is 14.5. The minimum Gasteiger partial charge on any atom is -0.275 e. The van der Waals surface area contributed by atoms with Crippen molar-refractivity contribution in [2.75, 3.05) is 0 Å².